The molecule has 0 saturated carbocycles. The predicted molar refractivity (Wildman–Crippen MR) is 113 cm³/mol. The monoisotopic (exact) mass is 402 g/mol. The lowest BCUT2D eigenvalue weighted by molar-refractivity contribution is -0.133. The standard InChI is InChI=1S/C22H34N4O3/c1-7-17(2)26(21(28)23-22(3,4)5)16-20(27)25(15-19-11-9-13-29-19)14-18-10-8-12-24(18)6/h8-13,17H,7,14-16H2,1-6H3,(H,23,28). The SMILES string of the molecule is CCC(C)N(CC(=O)N(Cc1ccco1)Cc1cccn1C)C(=O)NC(C)(C)C. The van der Waals surface area contributed by atoms with Crippen LogP contribution in [0.4, 0.5) is 4.79 Å². The number of hydrogen-bond acceptors (Lipinski definition) is 3. The van der Waals surface area contributed by atoms with Gasteiger partial charge in [0, 0.05) is 30.5 Å². The molecule has 0 spiro atoms. The van der Waals surface area contributed by atoms with Crippen LogP contribution in [0, 0.1) is 0 Å². The third-order valence-corrected chi connectivity index (χ3v) is 4.85. The number of urea groups is 1. The third kappa shape index (κ3) is 6.69. The Bertz CT molecular complexity index is 789. The maximum atomic E-state index is 13.3. The Hall–Kier alpha value is -2.70. The summed E-state index contributed by atoms with van der Waals surface area (Å²) in [7, 11) is 1.95. The second-order valence-corrected chi connectivity index (χ2v) is 8.50. The summed E-state index contributed by atoms with van der Waals surface area (Å²) >= 11 is 0. The van der Waals surface area contributed by atoms with Gasteiger partial charge in [0.1, 0.15) is 12.3 Å². The van der Waals surface area contributed by atoms with E-state index in [1.165, 1.54) is 0 Å². The van der Waals surface area contributed by atoms with Gasteiger partial charge in [-0.25, -0.2) is 4.79 Å². The molecule has 0 aliphatic rings. The van der Waals surface area contributed by atoms with Crippen molar-refractivity contribution in [2.24, 2.45) is 7.05 Å². The second kappa shape index (κ2) is 9.67. The summed E-state index contributed by atoms with van der Waals surface area (Å²) in [5.74, 6) is 0.591. The number of furan rings is 1. The van der Waals surface area contributed by atoms with Crippen LogP contribution in [-0.4, -0.2) is 44.4 Å². The van der Waals surface area contributed by atoms with Gasteiger partial charge in [-0.3, -0.25) is 4.79 Å². The molecule has 1 unspecified atom stereocenters. The molecule has 0 saturated heterocycles. The zero-order valence-corrected chi connectivity index (χ0v) is 18.4. The van der Waals surface area contributed by atoms with Crippen molar-refractivity contribution in [2.75, 3.05) is 6.54 Å². The van der Waals surface area contributed by atoms with E-state index in [2.05, 4.69) is 5.32 Å². The maximum absolute atomic E-state index is 13.3. The molecule has 7 heteroatoms. The molecule has 0 aliphatic carbocycles. The van der Waals surface area contributed by atoms with Crippen molar-refractivity contribution in [2.45, 2.75) is 65.7 Å². The lowest BCUT2D eigenvalue weighted by Crippen LogP contribution is -2.54. The van der Waals surface area contributed by atoms with Crippen molar-refractivity contribution in [3.63, 3.8) is 0 Å². The van der Waals surface area contributed by atoms with Crippen LogP contribution in [-0.2, 0) is 24.9 Å². The molecule has 29 heavy (non-hydrogen) atoms. The summed E-state index contributed by atoms with van der Waals surface area (Å²) in [6, 6.07) is 7.32. The van der Waals surface area contributed by atoms with E-state index in [0.717, 1.165) is 12.1 Å². The minimum atomic E-state index is -0.372. The first kappa shape index (κ1) is 22.6. The van der Waals surface area contributed by atoms with E-state index < -0.39 is 0 Å². The second-order valence-electron chi connectivity index (χ2n) is 8.50. The Kier molecular flexibility index (Phi) is 7.53. The van der Waals surface area contributed by atoms with Gasteiger partial charge in [-0.15, -0.1) is 0 Å². The number of carbonyl (C=O) groups is 2. The van der Waals surface area contributed by atoms with E-state index >= 15 is 0 Å². The minimum absolute atomic E-state index is 0.0159. The Balaban J connectivity index is 2.20. The predicted octanol–water partition coefficient (Wildman–Crippen LogP) is 3.76. The van der Waals surface area contributed by atoms with E-state index in [-0.39, 0.29) is 30.1 Å². The summed E-state index contributed by atoms with van der Waals surface area (Å²) in [5.41, 5.74) is 0.641. The molecule has 0 radical (unpaired) electrons. The molecular weight excluding hydrogens is 368 g/mol. The molecule has 0 bridgehead atoms. The maximum Gasteiger partial charge on any atom is 0.318 e. The van der Waals surface area contributed by atoms with Crippen molar-refractivity contribution in [3.05, 3.63) is 48.2 Å². The molecule has 2 aromatic rings. The molecule has 2 heterocycles. The Morgan fingerprint density at radius 2 is 1.93 bits per heavy atom. The molecule has 0 fully saturated rings. The largest absolute Gasteiger partial charge is 0.467 e. The number of nitrogens with zero attached hydrogens (tertiary/aromatic N) is 3. The molecule has 7 nitrogen and oxygen atoms in total. The number of aromatic nitrogens is 1. The van der Waals surface area contributed by atoms with E-state index in [4.69, 9.17) is 4.42 Å². The topological polar surface area (TPSA) is 70.7 Å². The van der Waals surface area contributed by atoms with Crippen LogP contribution in [0.2, 0.25) is 0 Å². The first-order chi connectivity index (χ1) is 13.6. The van der Waals surface area contributed by atoms with Crippen LogP contribution >= 0.6 is 0 Å². The molecule has 1 atom stereocenters. The van der Waals surface area contributed by atoms with E-state index in [0.29, 0.717) is 18.8 Å². The third-order valence-electron chi connectivity index (χ3n) is 4.85. The molecule has 0 aliphatic heterocycles. The first-order valence-electron chi connectivity index (χ1n) is 10.1. The van der Waals surface area contributed by atoms with Gasteiger partial charge in [0.05, 0.1) is 19.4 Å². The van der Waals surface area contributed by atoms with Gasteiger partial charge in [-0.2, -0.15) is 0 Å². The van der Waals surface area contributed by atoms with Gasteiger partial charge in [0.2, 0.25) is 5.91 Å². The van der Waals surface area contributed by atoms with Crippen LogP contribution in [0.25, 0.3) is 0 Å². The van der Waals surface area contributed by atoms with Crippen LogP contribution in [0.5, 0.6) is 0 Å². The molecular formula is C22H34N4O3. The molecule has 2 aromatic heterocycles. The molecule has 3 amide bonds. The number of nitrogens with one attached hydrogen (secondary N) is 1. The smallest absolute Gasteiger partial charge is 0.318 e. The highest BCUT2D eigenvalue weighted by molar-refractivity contribution is 5.84. The van der Waals surface area contributed by atoms with Crippen LogP contribution in [0.1, 0.15) is 52.5 Å². The number of hydrogen-bond donors (Lipinski definition) is 1. The summed E-state index contributed by atoms with van der Waals surface area (Å²) in [6.45, 7) is 10.6. The fourth-order valence-corrected chi connectivity index (χ4v) is 2.97. The first-order valence-corrected chi connectivity index (χ1v) is 10.1. The lowest BCUT2D eigenvalue weighted by atomic mass is 10.1. The fourth-order valence-electron chi connectivity index (χ4n) is 2.97. The highest BCUT2D eigenvalue weighted by atomic mass is 16.3. The fraction of sp³-hybridized carbons (Fsp3) is 0.545. The van der Waals surface area contributed by atoms with Crippen LogP contribution in [0.15, 0.2) is 41.1 Å². The van der Waals surface area contributed by atoms with Gasteiger partial charge in [-0.05, 0) is 58.4 Å². The highest BCUT2D eigenvalue weighted by Crippen LogP contribution is 2.14. The number of amides is 3. The van der Waals surface area contributed by atoms with Crippen LogP contribution < -0.4 is 5.32 Å². The average Bonchev–Trinajstić information content (AvgIpc) is 3.28. The molecule has 1 N–H and O–H groups in total. The van der Waals surface area contributed by atoms with Crippen molar-refractivity contribution in [1.82, 2.24) is 19.7 Å². The van der Waals surface area contributed by atoms with Crippen molar-refractivity contribution < 1.29 is 14.0 Å². The zero-order valence-electron chi connectivity index (χ0n) is 18.4. The molecule has 160 valence electrons. The quantitative estimate of drug-likeness (QED) is 0.731. The number of rotatable bonds is 8. The Morgan fingerprint density at radius 3 is 2.45 bits per heavy atom. The Labute approximate surface area is 173 Å². The summed E-state index contributed by atoms with van der Waals surface area (Å²) in [5, 5.41) is 2.97. The number of aryl methyl sites for hydroxylation is 1. The number of carbonyl (C=O) groups excluding carboxylic acids is 2. The van der Waals surface area contributed by atoms with E-state index in [1.807, 2.05) is 76.7 Å². The zero-order chi connectivity index (χ0) is 21.6. The molecule has 2 rings (SSSR count). The van der Waals surface area contributed by atoms with Crippen LogP contribution in [0.3, 0.4) is 0 Å². The Morgan fingerprint density at radius 1 is 1.21 bits per heavy atom. The van der Waals surface area contributed by atoms with Gasteiger partial charge < -0.3 is 24.1 Å². The minimum Gasteiger partial charge on any atom is -0.467 e. The van der Waals surface area contributed by atoms with Gasteiger partial charge in [0.25, 0.3) is 0 Å². The summed E-state index contributed by atoms with van der Waals surface area (Å²) < 4.78 is 7.44. The van der Waals surface area contributed by atoms with E-state index in [9.17, 15) is 9.59 Å². The van der Waals surface area contributed by atoms with Gasteiger partial charge >= 0.3 is 6.03 Å². The van der Waals surface area contributed by atoms with Crippen molar-refractivity contribution in [1.29, 1.82) is 0 Å². The molecule has 0 aromatic carbocycles. The van der Waals surface area contributed by atoms with Gasteiger partial charge in [-0.1, -0.05) is 6.92 Å². The van der Waals surface area contributed by atoms with E-state index in [1.54, 1.807) is 16.1 Å². The highest BCUT2D eigenvalue weighted by Gasteiger charge is 2.27. The van der Waals surface area contributed by atoms with Crippen molar-refractivity contribution in [3.8, 4) is 0 Å². The summed E-state index contributed by atoms with van der Waals surface area (Å²) in [6.07, 6.45) is 4.32. The lowest BCUT2D eigenvalue weighted by Gasteiger charge is -2.33. The summed E-state index contributed by atoms with van der Waals surface area (Å²) in [4.78, 5) is 29.4. The normalized spacial score (nSPS) is 12.5. The average molecular weight is 403 g/mol. The van der Waals surface area contributed by atoms with Gasteiger partial charge in [0.15, 0.2) is 0 Å². The van der Waals surface area contributed by atoms with Crippen molar-refractivity contribution >= 4 is 11.9 Å².